The lowest BCUT2D eigenvalue weighted by Gasteiger charge is -2.37. The molecule has 0 fully saturated rings. The van der Waals surface area contributed by atoms with Crippen LogP contribution in [-0.2, 0) is 9.59 Å². The van der Waals surface area contributed by atoms with Crippen LogP contribution in [0.3, 0.4) is 0 Å². The molecule has 0 aromatic carbocycles. The van der Waals surface area contributed by atoms with Gasteiger partial charge in [-0.2, -0.15) is 71.6 Å². The fraction of sp³-hybridized carbons (Fsp3) is 0.222. The molecule has 0 aromatic heterocycles. The molecule has 3 aliphatic carbocycles. The molecule has 0 saturated heterocycles. The number of Topliss-reactive ketones (excluding diaryl/α,β-unsaturated/α-hetero) is 2. The number of rotatable bonds is 0. The van der Waals surface area contributed by atoms with E-state index in [1.54, 1.807) is 0 Å². The van der Waals surface area contributed by atoms with Crippen LogP contribution in [0.4, 0.5) is 0 Å². The first-order valence-electron chi connectivity index (χ1n) is 7.64. The Labute approximate surface area is 182 Å². The summed E-state index contributed by atoms with van der Waals surface area (Å²) in [6.07, 6.45) is 0. The molecule has 136 valence electrons. The van der Waals surface area contributed by atoms with Crippen molar-refractivity contribution in [3.05, 3.63) is 44.6 Å². The van der Waals surface area contributed by atoms with Gasteiger partial charge >= 0.3 is 0 Å². The van der Waals surface area contributed by atoms with Crippen LogP contribution in [0.2, 0.25) is 0 Å². The Morgan fingerprint density at radius 3 is 0.821 bits per heavy atom. The Kier molecular flexibility index (Phi) is 5.28. The van der Waals surface area contributed by atoms with E-state index in [4.69, 9.17) is 0 Å². The maximum atomic E-state index is 13.3. The number of nitrogens with zero attached hydrogens (tertiary/aromatic N) is 4. The summed E-state index contributed by atoms with van der Waals surface area (Å²) in [5.41, 5.74) is -0.454. The maximum Gasteiger partial charge on any atom is 0.188 e. The lowest BCUT2D eigenvalue weighted by Crippen LogP contribution is -2.42. The number of carbonyl (C=O) groups is 2. The van der Waals surface area contributed by atoms with Gasteiger partial charge in [-0.15, -0.1) is 0 Å². The molecule has 4 atom stereocenters. The van der Waals surface area contributed by atoms with Gasteiger partial charge in [0.1, 0.15) is 0 Å². The maximum absolute atomic E-state index is 13.3. The molecule has 0 aliphatic heterocycles. The van der Waals surface area contributed by atoms with Gasteiger partial charge in [-0.3, -0.25) is 9.59 Å². The molecule has 0 amide bonds. The molecule has 3 rings (SSSR count). The second kappa shape index (κ2) is 7.24. The van der Waals surface area contributed by atoms with Crippen molar-refractivity contribution in [2.75, 3.05) is 0 Å². The van der Waals surface area contributed by atoms with Gasteiger partial charge in [-0.05, 0) is 0 Å². The summed E-state index contributed by atoms with van der Waals surface area (Å²) in [4.78, 5) is 26.6. The van der Waals surface area contributed by atoms with Crippen LogP contribution in [0.25, 0.3) is 0 Å². The van der Waals surface area contributed by atoms with E-state index in [0.29, 0.717) is 0 Å². The van der Waals surface area contributed by atoms with Crippen molar-refractivity contribution in [1.82, 2.24) is 0 Å². The Morgan fingerprint density at radius 2 is 0.679 bits per heavy atom. The van der Waals surface area contributed by atoms with Crippen molar-refractivity contribution in [3.63, 3.8) is 0 Å². The molecule has 0 radical (unpaired) electrons. The van der Waals surface area contributed by atoms with Crippen LogP contribution < -0.4 is 0 Å². The summed E-state index contributed by atoms with van der Waals surface area (Å²) in [5.74, 6) is -1.23. The van der Waals surface area contributed by atoms with E-state index in [2.05, 4.69) is 50.5 Å². The number of hydrogen-bond acceptors (Lipinski definition) is 10. The Bertz CT molecular complexity index is 988. The van der Waals surface area contributed by atoms with Crippen molar-refractivity contribution >= 4 is 62.1 Å². The van der Waals surface area contributed by atoms with Crippen LogP contribution in [-0.4, -0.2) is 32.6 Å². The summed E-state index contributed by atoms with van der Waals surface area (Å²) in [6.45, 7) is 0. The Balaban J connectivity index is 2.28. The van der Waals surface area contributed by atoms with E-state index < -0.39 is 32.6 Å². The monoisotopic (exact) mass is 440 g/mol. The average Bonchev–Trinajstić information content (AvgIpc) is 2.67. The first-order chi connectivity index (χ1) is 13.3. The molecule has 0 heterocycles. The molecule has 0 aromatic rings. The van der Waals surface area contributed by atoms with E-state index in [-0.39, 0.29) is 44.6 Å². The van der Waals surface area contributed by atoms with Crippen molar-refractivity contribution in [3.8, 4) is 24.3 Å². The van der Waals surface area contributed by atoms with Crippen molar-refractivity contribution in [1.29, 1.82) is 21.0 Å². The molecule has 4 unspecified atom stereocenters. The van der Waals surface area contributed by atoms with E-state index in [9.17, 15) is 30.6 Å². The highest BCUT2D eigenvalue weighted by Gasteiger charge is 2.50. The fourth-order valence-corrected chi connectivity index (χ4v) is 5.33. The summed E-state index contributed by atoms with van der Waals surface area (Å²) in [5, 5.41) is 33.3. The summed E-state index contributed by atoms with van der Waals surface area (Å²) < 4.78 is 0. The number of thiol groups is 4. The van der Waals surface area contributed by atoms with E-state index in [1.807, 2.05) is 24.3 Å². The van der Waals surface area contributed by atoms with Crippen molar-refractivity contribution in [2.24, 2.45) is 0 Å². The van der Waals surface area contributed by atoms with Crippen LogP contribution in [0, 0.1) is 45.3 Å². The van der Waals surface area contributed by atoms with Gasteiger partial charge in [0, 0.05) is 22.3 Å². The van der Waals surface area contributed by atoms with Gasteiger partial charge in [0.05, 0.1) is 67.6 Å². The Morgan fingerprint density at radius 1 is 0.500 bits per heavy atom. The van der Waals surface area contributed by atoms with Crippen molar-refractivity contribution in [2.45, 2.75) is 21.0 Å². The SMILES string of the molecule is N#CC1=C(C#N)C(S)C2=C(C(=O)C3=C(C2=O)C(S)C(C#N)=C(C#N)C3S)C1S. The molecule has 0 saturated carbocycles. The Hall–Kier alpha value is -2.34. The smallest absolute Gasteiger partial charge is 0.188 e. The molecule has 3 aliphatic rings. The third kappa shape index (κ3) is 2.50. The summed E-state index contributed by atoms with van der Waals surface area (Å²) >= 11 is 17.2. The van der Waals surface area contributed by atoms with Gasteiger partial charge in [-0.25, -0.2) is 0 Å². The van der Waals surface area contributed by atoms with Gasteiger partial charge < -0.3 is 0 Å². The highest BCUT2D eigenvalue weighted by molar-refractivity contribution is 7.82. The van der Waals surface area contributed by atoms with E-state index in [0.717, 1.165) is 0 Å². The second-order valence-electron chi connectivity index (χ2n) is 6.03. The van der Waals surface area contributed by atoms with Crippen LogP contribution in [0.5, 0.6) is 0 Å². The topological polar surface area (TPSA) is 129 Å². The van der Waals surface area contributed by atoms with Gasteiger partial charge in [0.2, 0.25) is 0 Å². The quantitative estimate of drug-likeness (QED) is 0.335. The summed E-state index contributed by atoms with van der Waals surface area (Å²) in [6, 6.07) is 7.44. The third-order valence-corrected chi connectivity index (χ3v) is 6.87. The van der Waals surface area contributed by atoms with Gasteiger partial charge in [0.15, 0.2) is 11.6 Å². The average molecular weight is 441 g/mol. The minimum Gasteiger partial charge on any atom is -0.289 e. The number of carbonyl (C=O) groups excluding carboxylic acids is 2. The van der Waals surface area contributed by atoms with Crippen molar-refractivity contribution < 1.29 is 9.59 Å². The minimum atomic E-state index is -1.09. The third-order valence-electron chi connectivity index (χ3n) is 4.81. The zero-order valence-corrected chi connectivity index (χ0v) is 17.3. The lowest BCUT2D eigenvalue weighted by molar-refractivity contribution is -0.116. The number of hydrogen-bond donors (Lipinski definition) is 4. The molecular weight excluding hydrogens is 432 g/mol. The minimum absolute atomic E-state index is 0.0556. The molecule has 0 N–H and O–H groups in total. The molecule has 0 spiro atoms. The molecule has 6 nitrogen and oxygen atoms in total. The molecule has 0 bridgehead atoms. The first kappa shape index (κ1) is 20.4. The largest absolute Gasteiger partial charge is 0.289 e. The van der Waals surface area contributed by atoms with Crippen LogP contribution in [0.15, 0.2) is 44.6 Å². The number of ketones is 2. The zero-order chi connectivity index (χ0) is 20.9. The zero-order valence-electron chi connectivity index (χ0n) is 13.7. The van der Waals surface area contributed by atoms with E-state index in [1.165, 1.54) is 0 Å². The first-order valence-corrected chi connectivity index (χ1v) is 9.71. The summed E-state index contributed by atoms with van der Waals surface area (Å²) in [7, 11) is 0. The van der Waals surface area contributed by atoms with Crippen LogP contribution in [0.1, 0.15) is 0 Å². The lowest BCUT2D eigenvalue weighted by atomic mass is 9.70. The standard InChI is InChI=1S/C18H8N4O2S4/c19-1-5-6(2-20)16(26)10-9(15(5)25)13(23)11-12(14(10)24)18(28)8(4-22)7(3-21)17(11)27/h15-18,25-28H. The molecular formula is C18H8N4O2S4. The van der Waals surface area contributed by atoms with E-state index >= 15 is 0 Å². The fourth-order valence-electron chi connectivity index (χ4n) is 3.52. The predicted octanol–water partition coefficient (Wildman–Crippen LogP) is 1.64. The van der Waals surface area contributed by atoms with Crippen LogP contribution >= 0.6 is 50.5 Å². The normalized spacial score (nSPS) is 29.6. The second-order valence-corrected chi connectivity index (χ2v) is 8.09. The highest BCUT2D eigenvalue weighted by Crippen LogP contribution is 2.47. The van der Waals surface area contributed by atoms with Gasteiger partial charge in [-0.1, -0.05) is 0 Å². The number of nitriles is 4. The molecule has 28 heavy (non-hydrogen) atoms. The van der Waals surface area contributed by atoms with Gasteiger partial charge in [0.25, 0.3) is 0 Å². The predicted molar refractivity (Wildman–Crippen MR) is 112 cm³/mol. The molecule has 10 heteroatoms. The highest BCUT2D eigenvalue weighted by atomic mass is 32.1.